The zero-order chi connectivity index (χ0) is 19.6. The molecular weight excluding hydrogens is 344 g/mol. The normalized spacial score (nSPS) is 15.0. The first-order chi connectivity index (χ1) is 13.1. The third kappa shape index (κ3) is 6.66. The highest BCUT2D eigenvalue weighted by atomic mass is 16.5. The molecule has 0 saturated heterocycles. The number of aliphatic imine (C=N–C) groups is 1. The van der Waals surface area contributed by atoms with Gasteiger partial charge in [-0.1, -0.05) is 6.07 Å². The molecule has 1 saturated carbocycles. The molecular formula is C20H32N4O3. The molecule has 1 amide bonds. The minimum absolute atomic E-state index is 0.0344. The number of benzene rings is 1. The molecule has 0 heterocycles. The second-order valence-corrected chi connectivity index (χ2v) is 6.50. The molecule has 1 atom stereocenters. The summed E-state index contributed by atoms with van der Waals surface area (Å²) in [5.74, 6) is 2.59. The van der Waals surface area contributed by atoms with Crippen LogP contribution in [0.3, 0.4) is 0 Å². The van der Waals surface area contributed by atoms with E-state index in [0.717, 1.165) is 29.9 Å². The number of carbonyl (C=O) groups is 1. The van der Waals surface area contributed by atoms with Crippen molar-refractivity contribution in [2.45, 2.75) is 39.7 Å². The summed E-state index contributed by atoms with van der Waals surface area (Å²) in [6.45, 7) is 8.37. The highest BCUT2D eigenvalue weighted by Crippen LogP contribution is 2.30. The third-order valence-electron chi connectivity index (χ3n) is 4.31. The highest BCUT2D eigenvalue weighted by Gasteiger charge is 2.28. The van der Waals surface area contributed by atoms with Crippen LogP contribution in [0.25, 0.3) is 0 Å². The van der Waals surface area contributed by atoms with Crippen LogP contribution in [-0.4, -0.2) is 45.2 Å². The topological polar surface area (TPSA) is 84.0 Å². The molecule has 1 aliphatic rings. The van der Waals surface area contributed by atoms with Gasteiger partial charge in [0.1, 0.15) is 0 Å². The van der Waals surface area contributed by atoms with Crippen molar-refractivity contribution in [3.05, 3.63) is 23.8 Å². The summed E-state index contributed by atoms with van der Waals surface area (Å²) in [6.07, 6.45) is 2.04. The van der Waals surface area contributed by atoms with Gasteiger partial charge in [-0.3, -0.25) is 9.79 Å². The monoisotopic (exact) mass is 376 g/mol. The Bertz CT molecular complexity index is 644. The molecule has 7 heteroatoms. The van der Waals surface area contributed by atoms with Crippen LogP contribution in [0.5, 0.6) is 11.5 Å². The van der Waals surface area contributed by atoms with Crippen molar-refractivity contribution in [1.29, 1.82) is 0 Å². The van der Waals surface area contributed by atoms with E-state index in [4.69, 9.17) is 9.47 Å². The van der Waals surface area contributed by atoms with Crippen molar-refractivity contribution >= 4 is 11.9 Å². The second-order valence-electron chi connectivity index (χ2n) is 6.50. The molecule has 27 heavy (non-hydrogen) atoms. The Balaban J connectivity index is 1.86. The molecule has 3 N–H and O–H groups in total. The summed E-state index contributed by atoms with van der Waals surface area (Å²) in [6, 6.07) is 5.99. The van der Waals surface area contributed by atoms with E-state index >= 15 is 0 Å². The van der Waals surface area contributed by atoms with Gasteiger partial charge in [-0.25, -0.2) is 0 Å². The lowest BCUT2D eigenvalue weighted by Gasteiger charge is -2.20. The summed E-state index contributed by atoms with van der Waals surface area (Å²) in [7, 11) is 1.73. The molecule has 7 nitrogen and oxygen atoms in total. The summed E-state index contributed by atoms with van der Waals surface area (Å²) in [5, 5.41) is 9.52. The second kappa shape index (κ2) is 10.6. The Hall–Kier alpha value is -2.44. The zero-order valence-electron chi connectivity index (χ0n) is 16.8. The van der Waals surface area contributed by atoms with Crippen LogP contribution in [-0.2, 0) is 4.79 Å². The van der Waals surface area contributed by atoms with Crippen molar-refractivity contribution in [2.24, 2.45) is 10.9 Å². The Labute approximate surface area is 161 Å². The van der Waals surface area contributed by atoms with Crippen LogP contribution in [0.2, 0.25) is 0 Å². The van der Waals surface area contributed by atoms with Gasteiger partial charge in [-0.15, -0.1) is 0 Å². The number of guanidine groups is 1. The average molecular weight is 377 g/mol. The number of rotatable bonds is 10. The Morgan fingerprint density at radius 2 is 1.81 bits per heavy atom. The minimum atomic E-state index is 0.0344. The SMILES string of the molecule is CCOc1ccc(C(C)NC(=NC)NCCNC(=O)C2CC2)cc1OCC. The van der Waals surface area contributed by atoms with E-state index in [2.05, 4.69) is 27.9 Å². The van der Waals surface area contributed by atoms with Crippen molar-refractivity contribution in [3.63, 3.8) is 0 Å². The third-order valence-corrected chi connectivity index (χ3v) is 4.31. The lowest BCUT2D eigenvalue weighted by Crippen LogP contribution is -2.42. The van der Waals surface area contributed by atoms with E-state index in [9.17, 15) is 4.79 Å². The van der Waals surface area contributed by atoms with E-state index in [1.54, 1.807) is 7.05 Å². The standard InChI is InChI=1S/C20H32N4O3/c1-5-26-17-10-9-16(13-18(17)27-6-2)14(3)24-20(21-4)23-12-11-22-19(25)15-7-8-15/h9-10,13-15H,5-8,11-12H2,1-4H3,(H,22,25)(H2,21,23,24). The molecule has 150 valence electrons. The average Bonchev–Trinajstić information content (AvgIpc) is 3.51. The van der Waals surface area contributed by atoms with E-state index < -0.39 is 0 Å². The summed E-state index contributed by atoms with van der Waals surface area (Å²) >= 11 is 0. The number of amides is 1. The Kier molecular flexibility index (Phi) is 8.23. The fourth-order valence-electron chi connectivity index (χ4n) is 2.68. The summed E-state index contributed by atoms with van der Waals surface area (Å²) < 4.78 is 11.3. The first-order valence-electron chi connectivity index (χ1n) is 9.73. The molecule has 1 aromatic rings. The van der Waals surface area contributed by atoms with Crippen LogP contribution in [0, 0.1) is 5.92 Å². The highest BCUT2D eigenvalue weighted by molar-refractivity contribution is 5.81. The van der Waals surface area contributed by atoms with Gasteiger partial charge in [0.2, 0.25) is 5.91 Å². The number of carbonyl (C=O) groups excluding carboxylic acids is 1. The molecule has 1 aliphatic carbocycles. The quantitative estimate of drug-likeness (QED) is 0.331. The lowest BCUT2D eigenvalue weighted by atomic mass is 10.1. The van der Waals surface area contributed by atoms with Crippen molar-refractivity contribution in [3.8, 4) is 11.5 Å². The number of nitrogens with one attached hydrogen (secondary N) is 3. The number of hydrogen-bond acceptors (Lipinski definition) is 4. The molecule has 0 radical (unpaired) electrons. The van der Waals surface area contributed by atoms with Crippen LogP contribution in [0.4, 0.5) is 0 Å². The van der Waals surface area contributed by atoms with E-state index in [1.807, 2.05) is 32.0 Å². The molecule has 0 spiro atoms. The van der Waals surface area contributed by atoms with Crippen LogP contribution in [0.15, 0.2) is 23.2 Å². The molecule has 0 aliphatic heterocycles. The first-order valence-corrected chi connectivity index (χ1v) is 9.73. The van der Waals surface area contributed by atoms with Crippen molar-refractivity contribution in [2.75, 3.05) is 33.4 Å². The van der Waals surface area contributed by atoms with E-state index in [1.165, 1.54) is 0 Å². The number of hydrogen-bond donors (Lipinski definition) is 3. The zero-order valence-corrected chi connectivity index (χ0v) is 16.8. The lowest BCUT2D eigenvalue weighted by molar-refractivity contribution is -0.122. The smallest absolute Gasteiger partial charge is 0.223 e. The van der Waals surface area contributed by atoms with Crippen molar-refractivity contribution in [1.82, 2.24) is 16.0 Å². The maximum absolute atomic E-state index is 11.6. The Morgan fingerprint density at radius 1 is 1.15 bits per heavy atom. The molecule has 1 fully saturated rings. The van der Waals surface area contributed by atoms with Crippen LogP contribution in [0.1, 0.15) is 45.2 Å². The van der Waals surface area contributed by atoms with Gasteiger partial charge in [-0.2, -0.15) is 0 Å². The largest absolute Gasteiger partial charge is 0.490 e. The molecule has 2 rings (SSSR count). The summed E-state index contributed by atoms with van der Waals surface area (Å²) in [4.78, 5) is 15.9. The molecule has 0 aromatic heterocycles. The molecule has 0 bridgehead atoms. The molecule has 1 unspecified atom stereocenters. The predicted molar refractivity (Wildman–Crippen MR) is 107 cm³/mol. The van der Waals surface area contributed by atoms with Gasteiger partial charge < -0.3 is 25.4 Å². The van der Waals surface area contributed by atoms with Gasteiger partial charge >= 0.3 is 0 Å². The van der Waals surface area contributed by atoms with Gasteiger partial charge in [0.05, 0.1) is 19.3 Å². The maximum atomic E-state index is 11.6. The fraction of sp³-hybridized carbons (Fsp3) is 0.600. The maximum Gasteiger partial charge on any atom is 0.223 e. The van der Waals surface area contributed by atoms with E-state index in [-0.39, 0.29) is 17.9 Å². The predicted octanol–water partition coefficient (Wildman–Crippen LogP) is 2.24. The van der Waals surface area contributed by atoms with Gasteiger partial charge in [-0.05, 0) is 51.3 Å². The van der Waals surface area contributed by atoms with E-state index in [0.29, 0.717) is 32.3 Å². The number of nitrogens with zero attached hydrogens (tertiary/aromatic N) is 1. The molecule has 1 aromatic carbocycles. The van der Waals surface area contributed by atoms with Crippen molar-refractivity contribution < 1.29 is 14.3 Å². The van der Waals surface area contributed by atoms with Gasteiger partial charge in [0.25, 0.3) is 0 Å². The number of ether oxygens (including phenoxy) is 2. The minimum Gasteiger partial charge on any atom is -0.490 e. The summed E-state index contributed by atoms with van der Waals surface area (Å²) in [5.41, 5.74) is 1.08. The Morgan fingerprint density at radius 3 is 2.44 bits per heavy atom. The van der Waals surface area contributed by atoms with Crippen LogP contribution < -0.4 is 25.4 Å². The first kappa shape index (κ1) is 20.9. The fourth-order valence-corrected chi connectivity index (χ4v) is 2.68. The van der Waals surface area contributed by atoms with Gasteiger partial charge in [0, 0.05) is 26.1 Å². The van der Waals surface area contributed by atoms with Gasteiger partial charge in [0.15, 0.2) is 17.5 Å². The van der Waals surface area contributed by atoms with Crippen LogP contribution >= 0.6 is 0 Å².